The lowest BCUT2D eigenvalue weighted by atomic mass is 10.1. The molecular weight excluding hydrogens is 364 g/mol. The summed E-state index contributed by atoms with van der Waals surface area (Å²) in [5.74, 6) is -0.971. The molecule has 2 aromatic carbocycles. The van der Waals surface area contributed by atoms with Gasteiger partial charge in [0, 0.05) is 17.9 Å². The Bertz CT molecular complexity index is 806. The molecule has 1 N–H and O–H groups in total. The summed E-state index contributed by atoms with van der Waals surface area (Å²) < 4.78 is 53.8. The van der Waals surface area contributed by atoms with Gasteiger partial charge in [-0.1, -0.05) is 0 Å². The third kappa shape index (κ3) is 5.35. The van der Waals surface area contributed by atoms with Crippen molar-refractivity contribution in [2.45, 2.75) is 25.6 Å². The number of hydrogen-bond donors (Lipinski definition) is 1. The minimum atomic E-state index is -4.76. The van der Waals surface area contributed by atoms with Crippen molar-refractivity contribution < 1.29 is 27.1 Å². The number of halogens is 4. The number of anilines is 2. The molecule has 0 aliphatic carbocycles. The molecule has 0 saturated carbocycles. The predicted octanol–water partition coefficient (Wildman–Crippen LogP) is 4.51. The molecule has 0 aromatic heterocycles. The van der Waals surface area contributed by atoms with Crippen molar-refractivity contribution in [3.05, 3.63) is 53.8 Å². The van der Waals surface area contributed by atoms with Gasteiger partial charge in [0.1, 0.15) is 11.6 Å². The van der Waals surface area contributed by atoms with Crippen LogP contribution in [0.5, 0.6) is 5.75 Å². The summed E-state index contributed by atoms with van der Waals surface area (Å²) in [4.78, 5) is 14.2. The van der Waals surface area contributed by atoms with Gasteiger partial charge < -0.3 is 15.0 Å². The molecule has 0 atom stereocenters. The molecule has 144 valence electrons. The number of nitrogens with zero attached hydrogens (tertiary/aromatic N) is 1. The summed E-state index contributed by atoms with van der Waals surface area (Å²) >= 11 is 0. The van der Waals surface area contributed by atoms with E-state index in [0.29, 0.717) is 12.2 Å². The predicted molar refractivity (Wildman–Crippen MR) is 93.3 cm³/mol. The Morgan fingerprint density at radius 2 is 1.85 bits per heavy atom. The number of amides is 1. The molecule has 4 nitrogen and oxygen atoms in total. The number of aryl methyl sites for hydroxylation is 1. The van der Waals surface area contributed by atoms with E-state index in [9.17, 15) is 22.4 Å². The Morgan fingerprint density at radius 3 is 2.56 bits per heavy atom. The van der Waals surface area contributed by atoms with Crippen LogP contribution in [-0.2, 0) is 11.2 Å². The number of nitrogens with one attached hydrogen (secondary N) is 1. The Morgan fingerprint density at radius 1 is 1.11 bits per heavy atom. The fourth-order valence-corrected chi connectivity index (χ4v) is 3.08. The Balaban J connectivity index is 1.64. The number of ether oxygens (including phenoxy) is 1. The van der Waals surface area contributed by atoms with E-state index in [2.05, 4.69) is 10.1 Å². The van der Waals surface area contributed by atoms with E-state index < -0.39 is 6.36 Å². The van der Waals surface area contributed by atoms with E-state index in [4.69, 9.17) is 0 Å². The summed E-state index contributed by atoms with van der Waals surface area (Å²) in [6.45, 7) is 0.740. The zero-order valence-electron chi connectivity index (χ0n) is 14.4. The van der Waals surface area contributed by atoms with Crippen molar-refractivity contribution >= 4 is 17.3 Å². The van der Waals surface area contributed by atoms with E-state index in [1.807, 2.05) is 4.90 Å². The highest BCUT2D eigenvalue weighted by atomic mass is 19.4. The van der Waals surface area contributed by atoms with Gasteiger partial charge in [-0.25, -0.2) is 4.39 Å². The Labute approximate surface area is 153 Å². The minimum absolute atomic E-state index is 0.0689. The number of carbonyl (C=O) groups is 1. The van der Waals surface area contributed by atoms with Gasteiger partial charge in [-0.15, -0.1) is 13.2 Å². The van der Waals surface area contributed by atoms with Gasteiger partial charge in [-0.3, -0.25) is 4.79 Å². The first kappa shape index (κ1) is 19.0. The lowest BCUT2D eigenvalue weighted by Gasteiger charge is -2.24. The quantitative estimate of drug-likeness (QED) is 0.792. The lowest BCUT2D eigenvalue weighted by molar-refractivity contribution is -0.274. The van der Waals surface area contributed by atoms with Crippen LogP contribution >= 0.6 is 0 Å². The van der Waals surface area contributed by atoms with Gasteiger partial charge in [0.2, 0.25) is 5.91 Å². The maximum Gasteiger partial charge on any atom is 0.573 e. The summed E-state index contributed by atoms with van der Waals surface area (Å²) in [5.41, 5.74) is 2.07. The average molecular weight is 382 g/mol. The highest BCUT2D eigenvalue weighted by Gasteiger charge is 2.31. The third-order valence-electron chi connectivity index (χ3n) is 4.21. The fraction of sp³-hybridized carbons (Fsp3) is 0.316. The SMILES string of the molecule is O=C(CN1CCCCc2cc(F)ccc21)Nc1ccc(OC(F)(F)F)cc1. The van der Waals surface area contributed by atoms with Crippen LogP contribution in [0.1, 0.15) is 18.4 Å². The first-order valence-corrected chi connectivity index (χ1v) is 8.49. The molecule has 1 aliphatic rings. The van der Waals surface area contributed by atoms with Gasteiger partial charge in [0.05, 0.1) is 6.54 Å². The van der Waals surface area contributed by atoms with Crippen molar-refractivity contribution in [3.63, 3.8) is 0 Å². The molecule has 1 amide bonds. The number of benzene rings is 2. The summed E-state index contributed by atoms with van der Waals surface area (Å²) in [5, 5.41) is 2.65. The molecular formula is C19H18F4N2O2. The molecule has 0 radical (unpaired) electrons. The van der Waals surface area contributed by atoms with E-state index in [1.54, 1.807) is 6.07 Å². The summed E-state index contributed by atoms with van der Waals surface area (Å²) in [6, 6.07) is 9.47. The van der Waals surface area contributed by atoms with Crippen LogP contribution < -0.4 is 15.0 Å². The minimum Gasteiger partial charge on any atom is -0.406 e. The zero-order valence-corrected chi connectivity index (χ0v) is 14.4. The monoisotopic (exact) mass is 382 g/mol. The van der Waals surface area contributed by atoms with Gasteiger partial charge in [0.25, 0.3) is 0 Å². The largest absolute Gasteiger partial charge is 0.573 e. The Kier molecular flexibility index (Phi) is 5.53. The van der Waals surface area contributed by atoms with E-state index in [1.165, 1.54) is 24.3 Å². The smallest absolute Gasteiger partial charge is 0.406 e. The van der Waals surface area contributed by atoms with Crippen molar-refractivity contribution in [1.82, 2.24) is 0 Å². The van der Waals surface area contributed by atoms with Gasteiger partial charge in [-0.05, 0) is 67.3 Å². The molecule has 0 fully saturated rings. The van der Waals surface area contributed by atoms with Gasteiger partial charge in [0.15, 0.2) is 0 Å². The molecule has 0 spiro atoms. The maximum absolute atomic E-state index is 13.5. The molecule has 0 unspecified atom stereocenters. The van der Waals surface area contributed by atoms with Crippen LogP contribution in [-0.4, -0.2) is 25.4 Å². The number of carbonyl (C=O) groups excluding carboxylic acids is 1. The van der Waals surface area contributed by atoms with Crippen molar-refractivity contribution in [1.29, 1.82) is 0 Å². The second kappa shape index (κ2) is 7.85. The summed E-state index contributed by atoms with van der Waals surface area (Å²) in [6.07, 6.45) is -2.21. The fourth-order valence-electron chi connectivity index (χ4n) is 3.08. The number of rotatable bonds is 4. The molecule has 27 heavy (non-hydrogen) atoms. The zero-order chi connectivity index (χ0) is 19.4. The number of fused-ring (bicyclic) bond motifs is 1. The van der Waals surface area contributed by atoms with Crippen LogP contribution in [0.25, 0.3) is 0 Å². The molecule has 8 heteroatoms. The van der Waals surface area contributed by atoms with E-state index in [-0.39, 0.29) is 24.0 Å². The molecule has 2 aromatic rings. The van der Waals surface area contributed by atoms with Crippen LogP contribution in [0.3, 0.4) is 0 Å². The van der Waals surface area contributed by atoms with E-state index >= 15 is 0 Å². The normalized spacial score (nSPS) is 14.3. The van der Waals surface area contributed by atoms with Crippen LogP contribution in [0.2, 0.25) is 0 Å². The van der Waals surface area contributed by atoms with Crippen LogP contribution in [0.15, 0.2) is 42.5 Å². The lowest BCUT2D eigenvalue weighted by Crippen LogP contribution is -2.34. The van der Waals surface area contributed by atoms with Crippen molar-refractivity contribution in [3.8, 4) is 5.75 Å². The highest BCUT2D eigenvalue weighted by molar-refractivity contribution is 5.94. The molecule has 0 saturated heterocycles. The second-order valence-corrected chi connectivity index (χ2v) is 6.27. The van der Waals surface area contributed by atoms with Gasteiger partial charge in [-0.2, -0.15) is 0 Å². The first-order valence-electron chi connectivity index (χ1n) is 8.49. The maximum atomic E-state index is 13.5. The molecule has 0 bridgehead atoms. The standard InChI is InChI=1S/C19H18F4N2O2/c20-14-4-9-17-13(11-14)3-1-2-10-25(17)12-18(26)24-15-5-7-16(8-6-15)27-19(21,22)23/h4-9,11H,1-3,10,12H2,(H,24,26). The van der Waals surface area contributed by atoms with Gasteiger partial charge >= 0.3 is 6.36 Å². The first-order chi connectivity index (χ1) is 12.8. The van der Waals surface area contributed by atoms with Crippen LogP contribution in [0.4, 0.5) is 28.9 Å². The van der Waals surface area contributed by atoms with Crippen molar-refractivity contribution in [2.75, 3.05) is 23.3 Å². The molecule has 1 heterocycles. The molecule has 3 rings (SSSR count). The van der Waals surface area contributed by atoms with Crippen molar-refractivity contribution in [2.24, 2.45) is 0 Å². The third-order valence-corrected chi connectivity index (χ3v) is 4.21. The van der Waals surface area contributed by atoms with Crippen LogP contribution in [0, 0.1) is 5.82 Å². The topological polar surface area (TPSA) is 41.6 Å². The second-order valence-electron chi connectivity index (χ2n) is 6.27. The number of hydrogen-bond acceptors (Lipinski definition) is 3. The Hall–Kier alpha value is -2.77. The number of alkyl halides is 3. The molecule has 1 aliphatic heterocycles. The highest BCUT2D eigenvalue weighted by Crippen LogP contribution is 2.27. The summed E-state index contributed by atoms with van der Waals surface area (Å²) in [7, 11) is 0. The van der Waals surface area contributed by atoms with E-state index in [0.717, 1.165) is 42.6 Å². The average Bonchev–Trinajstić information content (AvgIpc) is 2.77.